The third-order valence-corrected chi connectivity index (χ3v) is 7.00. The third-order valence-electron chi connectivity index (χ3n) is 7.00. The van der Waals surface area contributed by atoms with Gasteiger partial charge in [-0.2, -0.15) is 0 Å². The van der Waals surface area contributed by atoms with Crippen LogP contribution in [0.4, 0.5) is 0 Å². The summed E-state index contributed by atoms with van der Waals surface area (Å²) >= 11 is 0. The Balaban J connectivity index is 1.77. The van der Waals surface area contributed by atoms with Gasteiger partial charge in [-0.1, -0.05) is 97.1 Å². The van der Waals surface area contributed by atoms with Crippen molar-refractivity contribution < 1.29 is 10.2 Å². The molecule has 5 rings (SSSR count). The van der Waals surface area contributed by atoms with Gasteiger partial charge in [0.25, 0.3) is 0 Å². The average Bonchev–Trinajstić information content (AvgIpc) is 2.90. The fourth-order valence-electron chi connectivity index (χ4n) is 5.00. The molecule has 2 nitrogen and oxygen atoms in total. The molecule has 5 aromatic rings. The second-order valence-electron chi connectivity index (χ2n) is 9.14. The lowest BCUT2D eigenvalue weighted by Crippen LogP contribution is -2.26. The van der Waals surface area contributed by atoms with Crippen LogP contribution in [0.1, 0.15) is 29.2 Å². The van der Waals surface area contributed by atoms with E-state index < -0.39 is 5.41 Å². The van der Waals surface area contributed by atoms with Gasteiger partial charge in [-0.15, -0.1) is 0 Å². The van der Waals surface area contributed by atoms with E-state index >= 15 is 0 Å². The fourth-order valence-corrected chi connectivity index (χ4v) is 5.00. The molecule has 0 atom stereocenters. The van der Waals surface area contributed by atoms with E-state index in [1.54, 1.807) is 12.1 Å². The maximum absolute atomic E-state index is 10.7. The molecule has 0 bridgehead atoms. The average molecular weight is 457 g/mol. The highest BCUT2D eigenvalue weighted by molar-refractivity contribution is 5.74. The molecule has 0 saturated carbocycles. The Morgan fingerprint density at radius 1 is 0.514 bits per heavy atom. The molecule has 0 aliphatic carbocycles. The Morgan fingerprint density at radius 3 is 1.40 bits per heavy atom. The first-order chi connectivity index (χ1) is 17.0. The zero-order valence-electron chi connectivity index (χ0n) is 19.9. The molecule has 0 spiro atoms. The molecule has 172 valence electrons. The number of phenols is 2. The topological polar surface area (TPSA) is 40.5 Å². The molecular weight excluding hydrogens is 428 g/mol. The minimum Gasteiger partial charge on any atom is -0.507 e. The highest BCUT2D eigenvalue weighted by Crippen LogP contribution is 2.45. The van der Waals surface area contributed by atoms with Gasteiger partial charge in [-0.3, -0.25) is 0 Å². The van der Waals surface area contributed by atoms with E-state index in [0.29, 0.717) is 0 Å². The third kappa shape index (κ3) is 4.08. The summed E-state index contributed by atoms with van der Waals surface area (Å²) in [5.74, 6) is 0.505. The van der Waals surface area contributed by atoms with E-state index in [2.05, 4.69) is 50.2 Å². The van der Waals surface area contributed by atoms with Gasteiger partial charge in [-0.25, -0.2) is 0 Å². The molecule has 35 heavy (non-hydrogen) atoms. The van der Waals surface area contributed by atoms with E-state index in [-0.39, 0.29) is 11.5 Å². The Kier molecular flexibility index (Phi) is 5.88. The van der Waals surface area contributed by atoms with Crippen LogP contribution >= 0.6 is 0 Å². The molecule has 0 heterocycles. The van der Waals surface area contributed by atoms with Crippen molar-refractivity contribution in [2.24, 2.45) is 0 Å². The summed E-state index contributed by atoms with van der Waals surface area (Å²) in [7, 11) is 0. The summed E-state index contributed by atoms with van der Waals surface area (Å²) < 4.78 is 0. The quantitative estimate of drug-likeness (QED) is 0.262. The largest absolute Gasteiger partial charge is 0.507 e. The Hall–Kier alpha value is -4.30. The van der Waals surface area contributed by atoms with Crippen molar-refractivity contribution in [2.45, 2.75) is 19.3 Å². The van der Waals surface area contributed by atoms with E-state index in [0.717, 1.165) is 33.4 Å². The second-order valence-corrected chi connectivity index (χ2v) is 9.14. The molecule has 0 fully saturated rings. The molecule has 0 radical (unpaired) electrons. The molecule has 0 amide bonds. The zero-order valence-corrected chi connectivity index (χ0v) is 19.9. The van der Waals surface area contributed by atoms with Gasteiger partial charge in [0.2, 0.25) is 0 Å². The van der Waals surface area contributed by atoms with Crippen LogP contribution in [0.15, 0.2) is 121 Å². The maximum Gasteiger partial charge on any atom is 0.123 e. The Labute approximate surface area is 206 Å². The Morgan fingerprint density at radius 2 is 0.943 bits per heavy atom. The van der Waals surface area contributed by atoms with Gasteiger partial charge in [0, 0.05) is 16.5 Å². The van der Waals surface area contributed by atoms with Crippen molar-refractivity contribution in [1.29, 1.82) is 0 Å². The van der Waals surface area contributed by atoms with Crippen LogP contribution in [-0.2, 0) is 5.41 Å². The molecule has 0 unspecified atom stereocenters. The molecule has 0 aromatic heterocycles. The Bertz CT molecular complexity index is 1380. The molecule has 5 aromatic carbocycles. The number of phenolic OH excluding ortho intramolecular Hbond substituents is 2. The summed E-state index contributed by atoms with van der Waals surface area (Å²) in [5, 5.41) is 21.5. The number of hydrogen-bond acceptors (Lipinski definition) is 2. The van der Waals surface area contributed by atoms with Gasteiger partial charge in [0.05, 0.1) is 0 Å². The SMILES string of the molecule is Cc1ccccc1C(C)(c1ccc(O)c(-c2ccccc2)c1)c1ccc(O)c(-c2ccccc2)c1. The van der Waals surface area contributed by atoms with Gasteiger partial charge >= 0.3 is 0 Å². The fraction of sp³-hybridized carbons (Fsp3) is 0.0909. The summed E-state index contributed by atoms with van der Waals surface area (Å²) in [6.45, 7) is 4.35. The van der Waals surface area contributed by atoms with E-state index in [9.17, 15) is 10.2 Å². The highest BCUT2D eigenvalue weighted by Gasteiger charge is 2.33. The van der Waals surface area contributed by atoms with Crippen molar-refractivity contribution in [3.63, 3.8) is 0 Å². The lowest BCUT2D eigenvalue weighted by molar-refractivity contribution is 0.476. The lowest BCUT2D eigenvalue weighted by atomic mass is 9.69. The lowest BCUT2D eigenvalue weighted by Gasteiger charge is -2.34. The molecular formula is C33H28O2. The number of hydrogen-bond donors (Lipinski definition) is 2. The summed E-state index contributed by atoms with van der Waals surface area (Å²) in [4.78, 5) is 0. The maximum atomic E-state index is 10.7. The predicted octanol–water partition coefficient (Wildman–Crippen LogP) is 8.09. The monoisotopic (exact) mass is 456 g/mol. The van der Waals surface area contributed by atoms with Crippen molar-refractivity contribution in [2.75, 3.05) is 0 Å². The molecule has 0 saturated heterocycles. The predicted molar refractivity (Wildman–Crippen MR) is 144 cm³/mol. The van der Waals surface area contributed by atoms with Crippen LogP contribution in [0, 0.1) is 6.92 Å². The van der Waals surface area contributed by atoms with Crippen molar-refractivity contribution in [3.8, 4) is 33.8 Å². The van der Waals surface area contributed by atoms with Crippen LogP contribution in [0.5, 0.6) is 11.5 Å². The highest BCUT2D eigenvalue weighted by atomic mass is 16.3. The summed E-state index contributed by atoms with van der Waals surface area (Å²) in [6.07, 6.45) is 0. The summed E-state index contributed by atoms with van der Waals surface area (Å²) in [5.41, 5.74) is 7.48. The van der Waals surface area contributed by atoms with Crippen molar-refractivity contribution in [3.05, 3.63) is 144 Å². The van der Waals surface area contributed by atoms with E-state index in [1.807, 2.05) is 72.8 Å². The number of aryl methyl sites for hydroxylation is 1. The minimum absolute atomic E-state index is 0.253. The van der Waals surface area contributed by atoms with Crippen LogP contribution in [0.2, 0.25) is 0 Å². The second kappa shape index (κ2) is 9.15. The van der Waals surface area contributed by atoms with E-state index in [1.165, 1.54) is 11.1 Å². The molecule has 0 aliphatic heterocycles. The van der Waals surface area contributed by atoms with Crippen LogP contribution < -0.4 is 0 Å². The number of aromatic hydroxyl groups is 2. The van der Waals surface area contributed by atoms with Crippen LogP contribution in [0.3, 0.4) is 0 Å². The van der Waals surface area contributed by atoms with Gasteiger partial charge in [-0.05, 0) is 71.5 Å². The normalized spacial score (nSPS) is 11.4. The van der Waals surface area contributed by atoms with Crippen molar-refractivity contribution in [1.82, 2.24) is 0 Å². The van der Waals surface area contributed by atoms with Gasteiger partial charge in [0.15, 0.2) is 0 Å². The first-order valence-electron chi connectivity index (χ1n) is 11.8. The van der Waals surface area contributed by atoms with Crippen LogP contribution in [0.25, 0.3) is 22.3 Å². The zero-order chi connectivity index (χ0) is 24.4. The first-order valence-corrected chi connectivity index (χ1v) is 11.8. The van der Waals surface area contributed by atoms with Gasteiger partial charge < -0.3 is 10.2 Å². The van der Waals surface area contributed by atoms with Crippen LogP contribution in [-0.4, -0.2) is 10.2 Å². The minimum atomic E-state index is -0.528. The number of rotatable bonds is 5. The first kappa shape index (κ1) is 22.5. The standard InChI is InChI=1S/C33H28O2/c1-23-11-9-10-16-30(23)33(2,26-17-19-31(34)28(21-26)24-12-5-3-6-13-24)27-18-20-32(35)29(22-27)25-14-7-4-8-15-25/h3-22,34-35H,1-2H3. The smallest absolute Gasteiger partial charge is 0.123 e. The van der Waals surface area contributed by atoms with Gasteiger partial charge in [0.1, 0.15) is 11.5 Å². The van der Waals surface area contributed by atoms with Crippen molar-refractivity contribution >= 4 is 0 Å². The molecule has 0 aliphatic rings. The molecule has 2 N–H and O–H groups in total. The molecule has 2 heteroatoms. The number of benzene rings is 5. The summed E-state index contributed by atoms with van der Waals surface area (Å²) in [6, 6.07) is 40.1. The van der Waals surface area contributed by atoms with E-state index in [4.69, 9.17) is 0 Å².